The number of hydrogen-bond acceptors (Lipinski definition) is 3. The molecule has 3 nitrogen and oxygen atoms in total. The van der Waals surface area contributed by atoms with Gasteiger partial charge in [0.2, 0.25) is 0 Å². The molecule has 0 aromatic carbocycles. The molecule has 0 aliphatic carbocycles. The molecule has 1 N–H and O–H groups in total. The zero-order valence-electron chi connectivity index (χ0n) is 14.5. The Morgan fingerprint density at radius 1 is 1.15 bits per heavy atom. The normalized spacial score (nSPS) is 23.7. The number of ether oxygens (including phenoxy) is 1. The van der Waals surface area contributed by atoms with E-state index in [0.29, 0.717) is 6.04 Å². The Labute approximate surface area is 126 Å². The first-order valence-electron chi connectivity index (χ1n) is 8.37. The average molecular weight is 284 g/mol. The summed E-state index contributed by atoms with van der Waals surface area (Å²) in [6, 6.07) is 0.638. The zero-order chi connectivity index (χ0) is 15.2. The van der Waals surface area contributed by atoms with Crippen LogP contribution in [0.2, 0.25) is 0 Å². The largest absolute Gasteiger partial charge is 0.380 e. The van der Waals surface area contributed by atoms with E-state index >= 15 is 0 Å². The fraction of sp³-hybridized carbons (Fsp3) is 1.00. The lowest BCUT2D eigenvalue weighted by atomic mass is 9.94. The molecule has 1 unspecified atom stereocenters. The van der Waals surface area contributed by atoms with Crippen LogP contribution in [0.5, 0.6) is 0 Å². The molecule has 0 saturated carbocycles. The summed E-state index contributed by atoms with van der Waals surface area (Å²) in [6.07, 6.45) is 2.43. The van der Waals surface area contributed by atoms with E-state index < -0.39 is 0 Å². The minimum absolute atomic E-state index is 0.245. The van der Waals surface area contributed by atoms with Crippen molar-refractivity contribution in [2.75, 3.05) is 32.8 Å². The lowest BCUT2D eigenvalue weighted by Crippen LogP contribution is -2.62. The molecule has 1 rings (SSSR count). The van der Waals surface area contributed by atoms with Gasteiger partial charge in [-0.2, -0.15) is 0 Å². The van der Waals surface area contributed by atoms with Crippen molar-refractivity contribution in [3.05, 3.63) is 0 Å². The third-order valence-electron chi connectivity index (χ3n) is 4.22. The summed E-state index contributed by atoms with van der Waals surface area (Å²) in [5.74, 6) is 1.50. The Kier molecular flexibility index (Phi) is 7.49. The molecule has 0 aromatic heterocycles. The monoisotopic (exact) mass is 284 g/mol. The fourth-order valence-corrected chi connectivity index (χ4v) is 2.80. The SMILES string of the molecule is CC(C)CCOCCN1CC(CC(C)C)NCC1(C)C. The Balaban J connectivity index is 2.32. The van der Waals surface area contributed by atoms with Gasteiger partial charge in [0.1, 0.15) is 0 Å². The van der Waals surface area contributed by atoms with E-state index in [1.165, 1.54) is 12.8 Å². The van der Waals surface area contributed by atoms with Gasteiger partial charge < -0.3 is 10.1 Å². The van der Waals surface area contributed by atoms with Crippen LogP contribution < -0.4 is 5.32 Å². The smallest absolute Gasteiger partial charge is 0.0593 e. The molecule has 1 aliphatic rings. The summed E-state index contributed by atoms with van der Waals surface area (Å²) in [4.78, 5) is 2.60. The van der Waals surface area contributed by atoms with Crippen LogP contribution in [0.3, 0.4) is 0 Å². The Bertz CT molecular complexity index is 264. The van der Waals surface area contributed by atoms with Gasteiger partial charge in [-0.25, -0.2) is 0 Å². The molecule has 0 amide bonds. The van der Waals surface area contributed by atoms with Crippen LogP contribution in [0.15, 0.2) is 0 Å². The summed E-state index contributed by atoms with van der Waals surface area (Å²) >= 11 is 0. The van der Waals surface area contributed by atoms with Gasteiger partial charge >= 0.3 is 0 Å². The molecule has 0 aromatic rings. The number of nitrogens with zero attached hydrogens (tertiary/aromatic N) is 1. The number of piperazine rings is 1. The van der Waals surface area contributed by atoms with E-state index in [2.05, 4.69) is 51.8 Å². The van der Waals surface area contributed by atoms with E-state index in [1.54, 1.807) is 0 Å². The molecular weight excluding hydrogens is 248 g/mol. The highest BCUT2D eigenvalue weighted by Gasteiger charge is 2.33. The van der Waals surface area contributed by atoms with Gasteiger partial charge in [0, 0.05) is 37.8 Å². The average Bonchev–Trinajstić information content (AvgIpc) is 2.31. The highest BCUT2D eigenvalue weighted by Crippen LogP contribution is 2.20. The maximum Gasteiger partial charge on any atom is 0.0593 e. The first kappa shape index (κ1) is 17.9. The minimum Gasteiger partial charge on any atom is -0.380 e. The van der Waals surface area contributed by atoms with E-state index in [1.807, 2.05) is 0 Å². The van der Waals surface area contributed by atoms with Gasteiger partial charge in [0.25, 0.3) is 0 Å². The molecule has 1 saturated heterocycles. The molecule has 0 bridgehead atoms. The van der Waals surface area contributed by atoms with Crippen LogP contribution in [0.1, 0.15) is 54.4 Å². The molecule has 0 radical (unpaired) electrons. The van der Waals surface area contributed by atoms with Crippen molar-refractivity contribution in [1.82, 2.24) is 10.2 Å². The first-order chi connectivity index (χ1) is 9.31. The summed E-state index contributed by atoms with van der Waals surface area (Å²) in [6.45, 7) is 18.8. The topological polar surface area (TPSA) is 24.5 Å². The lowest BCUT2D eigenvalue weighted by Gasteiger charge is -2.46. The first-order valence-corrected chi connectivity index (χ1v) is 8.37. The van der Waals surface area contributed by atoms with E-state index in [-0.39, 0.29) is 5.54 Å². The summed E-state index contributed by atoms with van der Waals surface area (Å²) in [7, 11) is 0. The second kappa shape index (κ2) is 8.35. The number of hydrogen-bond donors (Lipinski definition) is 1. The Hall–Kier alpha value is -0.120. The predicted octanol–water partition coefficient (Wildman–Crippen LogP) is 3.15. The third-order valence-corrected chi connectivity index (χ3v) is 4.22. The van der Waals surface area contributed by atoms with Gasteiger partial charge in [-0.3, -0.25) is 4.90 Å². The lowest BCUT2D eigenvalue weighted by molar-refractivity contribution is 0.0238. The molecule has 120 valence electrons. The third kappa shape index (κ3) is 6.55. The second-order valence-corrected chi connectivity index (χ2v) is 7.76. The molecule has 1 heterocycles. The summed E-state index contributed by atoms with van der Waals surface area (Å²) in [5.41, 5.74) is 0.245. The van der Waals surface area contributed by atoms with Crippen molar-refractivity contribution in [2.45, 2.75) is 66.0 Å². The molecule has 1 atom stereocenters. The van der Waals surface area contributed by atoms with E-state index in [0.717, 1.165) is 44.7 Å². The van der Waals surface area contributed by atoms with Crippen molar-refractivity contribution in [1.29, 1.82) is 0 Å². The van der Waals surface area contributed by atoms with Crippen molar-refractivity contribution in [3.8, 4) is 0 Å². The van der Waals surface area contributed by atoms with Crippen molar-refractivity contribution >= 4 is 0 Å². The Morgan fingerprint density at radius 3 is 2.45 bits per heavy atom. The van der Waals surface area contributed by atoms with Gasteiger partial charge in [-0.05, 0) is 38.5 Å². The summed E-state index contributed by atoms with van der Waals surface area (Å²) in [5, 5.41) is 3.70. The Morgan fingerprint density at radius 2 is 1.85 bits per heavy atom. The van der Waals surface area contributed by atoms with Crippen LogP contribution >= 0.6 is 0 Å². The quantitative estimate of drug-likeness (QED) is 0.693. The highest BCUT2D eigenvalue weighted by molar-refractivity contribution is 4.92. The van der Waals surface area contributed by atoms with Crippen LogP contribution in [0.25, 0.3) is 0 Å². The highest BCUT2D eigenvalue weighted by atomic mass is 16.5. The fourth-order valence-electron chi connectivity index (χ4n) is 2.80. The van der Waals surface area contributed by atoms with Crippen molar-refractivity contribution < 1.29 is 4.74 Å². The zero-order valence-corrected chi connectivity index (χ0v) is 14.5. The van der Waals surface area contributed by atoms with Gasteiger partial charge in [-0.15, -0.1) is 0 Å². The number of nitrogens with one attached hydrogen (secondary N) is 1. The standard InChI is InChI=1S/C17H36N2O/c1-14(2)7-9-20-10-8-19-12-16(11-15(3)4)18-13-17(19,5)6/h14-16,18H,7-13H2,1-6H3. The molecule has 20 heavy (non-hydrogen) atoms. The van der Waals surface area contributed by atoms with Gasteiger partial charge in [0.15, 0.2) is 0 Å². The molecule has 3 heteroatoms. The summed E-state index contributed by atoms with van der Waals surface area (Å²) < 4.78 is 5.79. The minimum atomic E-state index is 0.245. The van der Waals surface area contributed by atoms with Gasteiger partial charge in [-0.1, -0.05) is 27.7 Å². The molecule has 1 fully saturated rings. The maximum absolute atomic E-state index is 5.79. The molecule has 1 aliphatic heterocycles. The molecule has 0 spiro atoms. The second-order valence-electron chi connectivity index (χ2n) is 7.76. The molecular formula is C17H36N2O. The van der Waals surface area contributed by atoms with Crippen molar-refractivity contribution in [2.24, 2.45) is 11.8 Å². The maximum atomic E-state index is 5.79. The van der Waals surface area contributed by atoms with E-state index in [4.69, 9.17) is 4.74 Å². The van der Waals surface area contributed by atoms with E-state index in [9.17, 15) is 0 Å². The van der Waals surface area contributed by atoms with Gasteiger partial charge in [0.05, 0.1) is 6.61 Å². The van der Waals surface area contributed by atoms with Crippen LogP contribution in [0, 0.1) is 11.8 Å². The van der Waals surface area contributed by atoms with Crippen LogP contribution in [0.4, 0.5) is 0 Å². The number of rotatable bonds is 8. The van der Waals surface area contributed by atoms with Crippen molar-refractivity contribution in [3.63, 3.8) is 0 Å². The predicted molar refractivity (Wildman–Crippen MR) is 87.2 cm³/mol. The van der Waals surface area contributed by atoms with Crippen LogP contribution in [-0.4, -0.2) is 49.3 Å². The van der Waals surface area contributed by atoms with Crippen LogP contribution in [-0.2, 0) is 4.74 Å².